The van der Waals surface area contributed by atoms with E-state index < -0.39 is 0 Å². The smallest absolute Gasteiger partial charge is 0.00179 e. The minimum atomic E-state index is 0.595. The van der Waals surface area contributed by atoms with Gasteiger partial charge in [0.05, 0.1) is 0 Å². The Hall–Kier alpha value is -1.30. The highest BCUT2D eigenvalue weighted by atomic mass is 14.1. The first-order valence-corrected chi connectivity index (χ1v) is 8.50. The van der Waals surface area contributed by atoms with Crippen molar-refractivity contribution in [3.05, 3.63) is 59.7 Å². The van der Waals surface area contributed by atoms with Crippen LogP contribution in [0.4, 0.5) is 0 Å². The van der Waals surface area contributed by atoms with Gasteiger partial charge in [-0.3, -0.25) is 0 Å². The highest BCUT2D eigenvalue weighted by Gasteiger charge is 2.06. The number of hydrogen-bond donors (Lipinski definition) is 0. The van der Waals surface area contributed by atoms with Gasteiger partial charge in [-0.1, -0.05) is 82.7 Å². The number of aryl methyl sites for hydroxylation is 1. The summed E-state index contributed by atoms with van der Waals surface area (Å²) in [6, 6.07) is 8.70. The maximum atomic E-state index is 2.37. The summed E-state index contributed by atoms with van der Waals surface area (Å²) in [4.78, 5) is 0. The van der Waals surface area contributed by atoms with Crippen LogP contribution in [0.15, 0.2) is 48.6 Å². The molecule has 0 fully saturated rings. The summed E-state index contributed by atoms with van der Waals surface area (Å²) < 4.78 is 0. The maximum absolute atomic E-state index is 2.37. The van der Waals surface area contributed by atoms with Gasteiger partial charge in [0.1, 0.15) is 0 Å². The van der Waals surface area contributed by atoms with E-state index in [4.69, 9.17) is 0 Å². The molecular weight excluding hydrogens is 252 g/mol. The predicted octanol–water partition coefficient (Wildman–Crippen LogP) is 7.45. The third kappa shape index (κ3) is 11.1. The summed E-state index contributed by atoms with van der Waals surface area (Å²) in [5.74, 6) is 0.595. The molecule has 1 unspecified atom stereocenters. The van der Waals surface area contributed by atoms with Gasteiger partial charge in [-0.25, -0.2) is 0 Å². The average Bonchev–Trinajstić information content (AvgIpc) is 2.55. The third-order valence-electron chi connectivity index (χ3n) is 3.18. The van der Waals surface area contributed by atoms with Gasteiger partial charge in [-0.15, -0.1) is 0 Å². The van der Waals surface area contributed by atoms with Gasteiger partial charge in [0, 0.05) is 5.92 Å². The largest absolute Gasteiger partial charge is 0.0919 e. The fraction of sp³-hybridized carbons (Fsp3) is 0.524. The van der Waals surface area contributed by atoms with Crippen molar-refractivity contribution in [3.63, 3.8) is 0 Å². The Morgan fingerprint density at radius 1 is 1.00 bits per heavy atom. The van der Waals surface area contributed by atoms with Crippen molar-refractivity contribution < 1.29 is 0 Å². The fourth-order valence-electron chi connectivity index (χ4n) is 1.89. The van der Waals surface area contributed by atoms with E-state index in [1.165, 1.54) is 30.4 Å². The lowest BCUT2D eigenvalue weighted by atomic mass is 9.92. The zero-order chi connectivity index (χ0) is 16.5. The first-order chi connectivity index (χ1) is 10.2. The van der Waals surface area contributed by atoms with Crippen molar-refractivity contribution in [1.82, 2.24) is 0 Å². The normalized spacial score (nSPS) is 11.6. The van der Waals surface area contributed by atoms with Crippen LogP contribution in [-0.4, -0.2) is 0 Å². The van der Waals surface area contributed by atoms with Crippen LogP contribution in [0.25, 0.3) is 0 Å². The van der Waals surface area contributed by atoms with Crippen LogP contribution in [0.1, 0.15) is 77.8 Å². The molecule has 1 aromatic rings. The summed E-state index contributed by atoms with van der Waals surface area (Å²) in [7, 11) is 0. The topological polar surface area (TPSA) is 0 Å². The monoisotopic (exact) mass is 288 g/mol. The fourth-order valence-corrected chi connectivity index (χ4v) is 1.89. The molecule has 21 heavy (non-hydrogen) atoms. The quantitative estimate of drug-likeness (QED) is 0.493. The van der Waals surface area contributed by atoms with E-state index in [2.05, 4.69) is 57.2 Å². The van der Waals surface area contributed by atoms with E-state index in [1.807, 2.05) is 39.8 Å². The van der Waals surface area contributed by atoms with Crippen LogP contribution >= 0.6 is 0 Å². The maximum Gasteiger partial charge on any atom is 0.00179 e. The predicted molar refractivity (Wildman–Crippen MR) is 100 cm³/mol. The molecule has 0 spiro atoms. The molecule has 0 amide bonds. The lowest BCUT2D eigenvalue weighted by Gasteiger charge is -2.13. The van der Waals surface area contributed by atoms with Crippen LogP contribution in [0.5, 0.6) is 0 Å². The molecule has 0 heteroatoms. The molecule has 0 aliphatic heterocycles. The first kappa shape index (κ1) is 22.0. The van der Waals surface area contributed by atoms with Crippen molar-refractivity contribution in [3.8, 4) is 0 Å². The Morgan fingerprint density at radius 3 is 2.00 bits per heavy atom. The van der Waals surface area contributed by atoms with Crippen molar-refractivity contribution in [2.75, 3.05) is 0 Å². The number of allylic oxidation sites excluding steroid dienone is 4. The van der Waals surface area contributed by atoms with Gasteiger partial charge in [0.15, 0.2) is 0 Å². The zero-order valence-corrected chi connectivity index (χ0v) is 15.3. The molecule has 120 valence electrons. The summed E-state index contributed by atoms with van der Waals surface area (Å²) in [5, 5.41) is 0. The number of rotatable bonds is 5. The molecule has 0 aliphatic rings. The number of hydrogen-bond acceptors (Lipinski definition) is 0. The minimum Gasteiger partial charge on any atom is -0.0919 e. The van der Waals surface area contributed by atoms with E-state index in [0.29, 0.717) is 5.92 Å². The SMILES string of the molecule is C/C=C\C.CC.CCC/C=C\C(CC)c1ccccc1C. The molecule has 0 saturated heterocycles. The van der Waals surface area contributed by atoms with Crippen molar-refractivity contribution in [2.45, 2.75) is 73.6 Å². The van der Waals surface area contributed by atoms with Crippen molar-refractivity contribution >= 4 is 0 Å². The molecule has 0 heterocycles. The molecule has 0 N–H and O–H groups in total. The molecule has 0 radical (unpaired) electrons. The second-order valence-electron chi connectivity index (χ2n) is 4.75. The van der Waals surface area contributed by atoms with Gasteiger partial charge in [0.25, 0.3) is 0 Å². The van der Waals surface area contributed by atoms with E-state index in [0.717, 1.165) is 0 Å². The molecule has 0 nitrogen and oxygen atoms in total. The van der Waals surface area contributed by atoms with Gasteiger partial charge < -0.3 is 0 Å². The highest BCUT2D eigenvalue weighted by molar-refractivity contribution is 5.31. The summed E-state index contributed by atoms with van der Waals surface area (Å²) >= 11 is 0. The Bertz CT molecular complexity index is 367. The minimum absolute atomic E-state index is 0.595. The molecule has 1 atom stereocenters. The Labute approximate surface area is 134 Å². The second-order valence-corrected chi connectivity index (χ2v) is 4.75. The highest BCUT2D eigenvalue weighted by Crippen LogP contribution is 2.24. The lowest BCUT2D eigenvalue weighted by Crippen LogP contribution is -1.96. The van der Waals surface area contributed by atoms with E-state index in [1.54, 1.807) is 0 Å². The second kappa shape index (κ2) is 16.8. The van der Waals surface area contributed by atoms with Crippen molar-refractivity contribution in [1.29, 1.82) is 0 Å². The van der Waals surface area contributed by atoms with Crippen molar-refractivity contribution in [2.24, 2.45) is 0 Å². The van der Waals surface area contributed by atoms with Crippen LogP contribution in [0.2, 0.25) is 0 Å². The van der Waals surface area contributed by atoms with E-state index in [9.17, 15) is 0 Å². The molecule has 0 aromatic heterocycles. The standard InChI is InChI=1S/C15H22.C4H8.C2H6/c1-4-6-7-11-14(5-2)15-12-9-8-10-13(15)3;1-3-4-2;1-2/h7-12,14H,4-6H2,1-3H3;3-4H,1-2H3;1-2H3/b11-7-;4-3-;. The number of unbranched alkanes of at least 4 members (excludes halogenated alkanes) is 1. The summed E-state index contributed by atoms with van der Waals surface area (Å²) in [6.45, 7) is 14.7. The van der Waals surface area contributed by atoms with Gasteiger partial charge in [-0.05, 0) is 44.7 Å². The molecule has 1 aromatic carbocycles. The van der Waals surface area contributed by atoms with Gasteiger partial charge in [0.2, 0.25) is 0 Å². The van der Waals surface area contributed by atoms with Crippen LogP contribution in [0, 0.1) is 6.92 Å². The Balaban J connectivity index is 0. The van der Waals surface area contributed by atoms with E-state index in [-0.39, 0.29) is 0 Å². The molecule has 0 aliphatic carbocycles. The lowest BCUT2D eigenvalue weighted by molar-refractivity contribution is 0.791. The first-order valence-electron chi connectivity index (χ1n) is 8.50. The summed E-state index contributed by atoms with van der Waals surface area (Å²) in [5.41, 5.74) is 2.89. The number of benzene rings is 1. The van der Waals surface area contributed by atoms with Crippen LogP contribution in [-0.2, 0) is 0 Å². The van der Waals surface area contributed by atoms with E-state index >= 15 is 0 Å². The molecular formula is C21H36. The van der Waals surface area contributed by atoms with Gasteiger partial charge >= 0.3 is 0 Å². The van der Waals surface area contributed by atoms with Gasteiger partial charge in [-0.2, -0.15) is 0 Å². The Morgan fingerprint density at radius 2 is 1.57 bits per heavy atom. The Kier molecular flexibility index (Phi) is 17.5. The molecule has 1 rings (SSSR count). The molecule has 0 saturated carbocycles. The summed E-state index contributed by atoms with van der Waals surface area (Å²) in [6.07, 6.45) is 12.3. The third-order valence-corrected chi connectivity index (χ3v) is 3.18. The zero-order valence-electron chi connectivity index (χ0n) is 15.3. The molecule has 0 bridgehead atoms. The van der Waals surface area contributed by atoms with Crippen LogP contribution < -0.4 is 0 Å². The van der Waals surface area contributed by atoms with Crippen LogP contribution in [0.3, 0.4) is 0 Å². The average molecular weight is 289 g/mol.